The van der Waals surface area contributed by atoms with Crippen molar-refractivity contribution in [3.05, 3.63) is 30.5 Å². The van der Waals surface area contributed by atoms with Gasteiger partial charge >= 0.3 is 0 Å². The summed E-state index contributed by atoms with van der Waals surface area (Å²) in [5.41, 5.74) is 6.86. The van der Waals surface area contributed by atoms with Crippen molar-refractivity contribution in [3.63, 3.8) is 0 Å². The molecule has 2 heterocycles. The van der Waals surface area contributed by atoms with Crippen LogP contribution in [0.3, 0.4) is 0 Å². The molecule has 2 unspecified atom stereocenters. The molecule has 2 aromatic heterocycles. The largest absolute Gasteiger partial charge is 0.385 e. The summed E-state index contributed by atoms with van der Waals surface area (Å²) in [4.78, 5) is 8.14. The van der Waals surface area contributed by atoms with Crippen molar-refractivity contribution in [1.82, 2.24) is 14.4 Å². The van der Waals surface area contributed by atoms with Crippen LogP contribution in [0.15, 0.2) is 24.8 Å². The molecule has 5 heteroatoms. The molecular formula is C9H12N4O. The number of nitrogens with zero attached hydrogens (tertiary/aromatic N) is 3. The van der Waals surface area contributed by atoms with Crippen LogP contribution < -0.4 is 5.73 Å². The van der Waals surface area contributed by atoms with Crippen LogP contribution in [0.25, 0.3) is 5.65 Å². The second kappa shape index (κ2) is 3.36. The maximum absolute atomic E-state index is 9.68. The maximum atomic E-state index is 9.68. The molecule has 2 aromatic rings. The third-order valence-electron chi connectivity index (χ3n) is 2.08. The van der Waals surface area contributed by atoms with E-state index < -0.39 is 6.10 Å². The van der Waals surface area contributed by atoms with E-state index in [2.05, 4.69) is 9.97 Å². The molecule has 0 aliphatic carbocycles. The summed E-state index contributed by atoms with van der Waals surface area (Å²) in [7, 11) is 0. The first-order valence-corrected chi connectivity index (χ1v) is 4.41. The van der Waals surface area contributed by atoms with E-state index in [9.17, 15) is 5.11 Å². The number of aliphatic hydroxyl groups excluding tert-OH is 1. The Bertz CT molecular complexity index is 404. The third kappa shape index (κ3) is 1.47. The fraction of sp³-hybridized carbons (Fsp3) is 0.333. The predicted octanol–water partition coefficient (Wildman–Crippen LogP) is 0.110. The summed E-state index contributed by atoms with van der Waals surface area (Å²) in [6.07, 6.45) is 6.11. The van der Waals surface area contributed by atoms with Crippen molar-refractivity contribution in [3.8, 4) is 0 Å². The first-order chi connectivity index (χ1) is 6.68. The number of nitrogens with two attached hydrogens (primary N) is 1. The molecule has 0 radical (unpaired) electrons. The molecule has 2 rings (SSSR count). The highest BCUT2D eigenvalue weighted by Crippen LogP contribution is 2.14. The SMILES string of the molecule is CC(N)C(O)c1cn2ccncc2n1. The van der Waals surface area contributed by atoms with E-state index in [1.54, 1.807) is 36.1 Å². The molecule has 0 bridgehead atoms. The molecule has 0 saturated heterocycles. The van der Waals surface area contributed by atoms with E-state index >= 15 is 0 Å². The molecule has 2 atom stereocenters. The van der Waals surface area contributed by atoms with Crippen LogP contribution in [-0.4, -0.2) is 25.5 Å². The average Bonchev–Trinajstić information content (AvgIpc) is 2.59. The topological polar surface area (TPSA) is 76.4 Å². The van der Waals surface area contributed by atoms with Gasteiger partial charge < -0.3 is 15.2 Å². The van der Waals surface area contributed by atoms with Gasteiger partial charge in [0.2, 0.25) is 0 Å². The lowest BCUT2D eigenvalue weighted by molar-refractivity contribution is 0.149. The van der Waals surface area contributed by atoms with Crippen molar-refractivity contribution in [2.24, 2.45) is 5.73 Å². The normalized spacial score (nSPS) is 15.6. The van der Waals surface area contributed by atoms with Crippen LogP contribution in [0.5, 0.6) is 0 Å². The number of hydrogen-bond acceptors (Lipinski definition) is 4. The molecule has 3 N–H and O–H groups in total. The van der Waals surface area contributed by atoms with Gasteiger partial charge in [0.25, 0.3) is 0 Å². The van der Waals surface area contributed by atoms with Gasteiger partial charge in [-0.25, -0.2) is 4.98 Å². The van der Waals surface area contributed by atoms with Gasteiger partial charge in [-0.05, 0) is 6.92 Å². The zero-order chi connectivity index (χ0) is 10.1. The van der Waals surface area contributed by atoms with Crippen LogP contribution in [0, 0.1) is 0 Å². The molecule has 0 spiro atoms. The second-order valence-electron chi connectivity index (χ2n) is 3.31. The van der Waals surface area contributed by atoms with E-state index in [1.165, 1.54) is 0 Å². The second-order valence-corrected chi connectivity index (χ2v) is 3.31. The molecule has 14 heavy (non-hydrogen) atoms. The Hall–Kier alpha value is -1.46. The van der Waals surface area contributed by atoms with Crippen LogP contribution in [0.4, 0.5) is 0 Å². The van der Waals surface area contributed by atoms with Gasteiger partial charge in [-0.15, -0.1) is 0 Å². The molecule has 5 nitrogen and oxygen atoms in total. The Morgan fingerprint density at radius 3 is 3.00 bits per heavy atom. The standard InChI is InChI=1S/C9H12N4O/c1-6(10)9(14)7-5-13-3-2-11-4-8(13)12-7/h2-6,9,14H,10H2,1H3. The monoisotopic (exact) mass is 192 g/mol. The van der Waals surface area contributed by atoms with Crippen molar-refractivity contribution in [2.75, 3.05) is 0 Å². The molecule has 0 aliphatic rings. The highest BCUT2D eigenvalue weighted by molar-refractivity contribution is 5.37. The third-order valence-corrected chi connectivity index (χ3v) is 2.08. The summed E-state index contributed by atoms with van der Waals surface area (Å²) in [5, 5.41) is 9.68. The van der Waals surface area contributed by atoms with E-state index in [-0.39, 0.29) is 6.04 Å². The van der Waals surface area contributed by atoms with E-state index in [0.29, 0.717) is 11.3 Å². The minimum absolute atomic E-state index is 0.326. The first kappa shape index (κ1) is 9.11. The lowest BCUT2D eigenvalue weighted by atomic mass is 10.1. The fourth-order valence-corrected chi connectivity index (χ4v) is 1.27. The van der Waals surface area contributed by atoms with Crippen LogP contribution in [0.1, 0.15) is 18.7 Å². The van der Waals surface area contributed by atoms with Gasteiger partial charge in [-0.2, -0.15) is 0 Å². The molecule has 0 aromatic carbocycles. The van der Waals surface area contributed by atoms with Gasteiger partial charge in [0.15, 0.2) is 5.65 Å². The highest BCUT2D eigenvalue weighted by Gasteiger charge is 2.15. The summed E-state index contributed by atoms with van der Waals surface area (Å²) < 4.78 is 1.80. The lowest BCUT2D eigenvalue weighted by Gasteiger charge is -2.10. The Kier molecular flexibility index (Phi) is 2.18. The van der Waals surface area contributed by atoms with Gasteiger partial charge in [0.05, 0.1) is 11.9 Å². The van der Waals surface area contributed by atoms with E-state index in [4.69, 9.17) is 5.73 Å². The predicted molar refractivity (Wildman–Crippen MR) is 51.6 cm³/mol. The number of aliphatic hydroxyl groups is 1. The summed E-state index contributed by atoms with van der Waals surface area (Å²) >= 11 is 0. The van der Waals surface area contributed by atoms with Gasteiger partial charge in [-0.3, -0.25) is 4.98 Å². The van der Waals surface area contributed by atoms with Crippen molar-refractivity contribution < 1.29 is 5.11 Å². The van der Waals surface area contributed by atoms with Crippen molar-refractivity contribution >= 4 is 5.65 Å². The number of aromatic nitrogens is 3. The van der Waals surface area contributed by atoms with Crippen molar-refractivity contribution in [1.29, 1.82) is 0 Å². The summed E-state index contributed by atoms with van der Waals surface area (Å²) in [6, 6.07) is -0.326. The molecular weight excluding hydrogens is 180 g/mol. The van der Waals surface area contributed by atoms with E-state index in [1.807, 2.05) is 0 Å². The van der Waals surface area contributed by atoms with Crippen LogP contribution >= 0.6 is 0 Å². The number of fused-ring (bicyclic) bond motifs is 1. The van der Waals surface area contributed by atoms with Crippen molar-refractivity contribution in [2.45, 2.75) is 19.1 Å². The maximum Gasteiger partial charge on any atom is 0.155 e. The Morgan fingerprint density at radius 2 is 2.36 bits per heavy atom. The Labute approximate surface area is 81.2 Å². The van der Waals surface area contributed by atoms with Gasteiger partial charge in [-0.1, -0.05) is 0 Å². The van der Waals surface area contributed by atoms with Crippen LogP contribution in [-0.2, 0) is 0 Å². The molecule has 0 aliphatic heterocycles. The van der Waals surface area contributed by atoms with E-state index in [0.717, 1.165) is 0 Å². The Balaban J connectivity index is 2.45. The fourth-order valence-electron chi connectivity index (χ4n) is 1.27. The minimum atomic E-state index is -0.727. The smallest absolute Gasteiger partial charge is 0.155 e. The summed E-state index contributed by atoms with van der Waals surface area (Å²) in [6.45, 7) is 1.74. The number of rotatable bonds is 2. The zero-order valence-corrected chi connectivity index (χ0v) is 7.83. The number of imidazole rings is 1. The molecule has 74 valence electrons. The summed E-state index contributed by atoms with van der Waals surface area (Å²) in [5.74, 6) is 0. The molecule has 0 saturated carbocycles. The van der Waals surface area contributed by atoms with Crippen LogP contribution in [0.2, 0.25) is 0 Å². The first-order valence-electron chi connectivity index (χ1n) is 4.41. The molecule has 0 fully saturated rings. The Morgan fingerprint density at radius 1 is 1.57 bits per heavy atom. The average molecular weight is 192 g/mol. The zero-order valence-electron chi connectivity index (χ0n) is 7.83. The lowest BCUT2D eigenvalue weighted by Crippen LogP contribution is -2.24. The number of hydrogen-bond donors (Lipinski definition) is 2. The van der Waals surface area contributed by atoms with Gasteiger partial charge in [0.1, 0.15) is 6.10 Å². The highest BCUT2D eigenvalue weighted by atomic mass is 16.3. The minimum Gasteiger partial charge on any atom is -0.385 e. The molecule has 0 amide bonds. The van der Waals surface area contributed by atoms with Gasteiger partial charge in [0, 0.05) is 24.6 Å². The quantitative estimate of drug-likeness (QED) is 0.708.